The number of aryl methyl sites for hydroxylation is 1. The predicted molar refractivity (Wildman–Crippen MR) is 140 cm³/mol. The van der Waals surface area contributed by atoms with Crippen molar-refractivity contribution in [3.63, 3.8) is 0 Å². The van der Waals surface area contributed by atoms with Gasteiger partial charge in [-0.2, -0.15) is 15.5 Å². The number of fused-ring (bicyclic) bond motifs is 1. The molecular formula is C27H30N8O2. The number of rotatable bonds is 6. The Balaban J connectivity index is 1.37. The molecule has 0 bridgehead atoms. The first-order chi connectivity index (χ1) is 17.8. The van der Waals surface area contributed by atoms with Gasteiger partial charge in [0, 0.05) is 74.1 Å². The van der Waals surface area contributed by atoms with Gasteiger partial charge in [0.05, 0.1) is 23.5 Å². The second-order valence-electron chi connectivity index (χ2n) is 9.87. The fourth-order valence-corrected chi connectivity index (χ4v) is 4.80. The number of aliphatic hydroxyl groups excluding tert-OH is 1. The smallest absolute Gasteiger partial charge is 0.251 e. The number of piperazine rings is 1. The molecule has 5 heterocycles. The van der Waals surface area contributed by atoms with Crippen molar-refractivity contribution < 1.29 is 9.90 Å². The summed E-state index contributed by atoms with van der Waals surface area (Å²) in [7, 11) is 1.87. The molecule has 1 aliphatic rings. The fourth-order valence-electron chi connectivity index (χ4n) is 4.80. The molecule has 1 aliphatic heterocycles. The van der Waals surface area contributed by atoms with Crippen LogP contribution in [0.3, 0.4) is 0 Å². The SMILES string of the molecule is CC(C)CC(O)C(=O)N1CCN(c2ccc(-c3cc(-c4cnn(C)c4)cn4ncc(C#N)c34)cn2)CC1. The van der Waals surface area contributed by atoms with Crippen molar-refractivity contribution in [3.8, 4) is 28.3 Å². The average molecular weight is 499 g/mol. The van der Waals surface area contributed by atoms with Gasteiger partial charge in [0.15, 0.2) is 0 Å². The van der Waals surface area contributed by atoms with Gasteiger partial charge in [0.25, 0.3) is 5.91 Å². The van der Waals surface area contributed by atoms with Gasteiger partial charge in [-0.3, -0.25) is 9.48 Å². The van der Waals surface area contributed by atoms with Gasteiger partial charge in [0.1, 0.15) is 18.0 Å². The maximum Gasteiger partial charge on any atom is 0.251 e. The summed E-state index contributed by atoms with van der Waals surface area (Å²) in [5, 5.41) is 28.5. The molecule has 1 saturated heterocycles. The van der Waals surface area contributed by atoms with Gasteiger partial charge in [-0.1, -0.05) is 13.8 Å². The predicted octanol–water partition coefficient (Wildman–Crippen LogP) is 2.72. The molecule has 1 N–H and O–H groups in total. The fraction of sp³-hybridized carbons (Fsp3) is 0.370. The van der Waals surface area contributed by atoms with Crippen LogP contribution in [0.4, 0.5) is 5.82 Å². The summed E-state index contributed by atoms with van der Waals surface area (Å²) in [6.07, 6.45) is 8.56. The topological polar surface area (TPSA) is 116 Å². The van der Waals surface area contributed by atoms with Gasteiger partial charge >= 0.3 is 0 Å². The molecule has 1 atom stereocenters. The van der Waals surface area contributed by atoms with Gasteiger partial charge in [-0.05, 0) is 30.5 Å². The van der Waals surface area contributed by atoms with Gasteiger partial charge in [-0.25, -0.2) is 9.50 Å². The van der Waals surface area contributed by atoms with E-state index in [1.165, 1.54) is 0 Å². The first-order valence-corrected chi connectivity index (χ1v) is 12.4. The highest BCUT2D eigenvalue weighted by atomic mass is 16.3. The van der Waals surface area contributed by atoms with E-state index >= 15 is 0 Å². The molecule has 37 heavy (non-hydrogen) atoms. The minimum absolute atomic E-state index is 0.191. The zero-order valence-electron chi connectivity index (χ0n) is 21.2. The Morgan fingerprint density at radius 2 is 1.84 bits per heavy atom. The van der Waals surface area contributed by atoms with Crippen molar-refractivity contribution in [2.24, 2.45) is 13.0 Å². The van der Waals surface area contributed by atoms with E-state index in [-0.39, 0.29) is 11.8 Å². The molecule has 190 valence electrons. The third-order valence-corrected chi connectivity index (χ3v) is 6.72. The lowest BCUT2D eigenvalue weighted by molar-refractivity contribution is -0.141. The molecule has 0 spiro atoms. The highest BCUT2D eigenvalue weighted by Gasteiger charge is 2.27. The van der Waals surface area contributed by atoms with E-state index in [9.17, 15) is 15.2 Å². The maximum atomic E-state index is 12.6. The second kappa shape index (κ2) is 10.0. The Labute approximate surface area is 215 Å². The highest BCUT2D eigenvalue weighted by molar-refractivity contribution is 5.87. The summed E-state index contributed by atoms with van der Waals surface area (Å²) in [5.74, 6) is 0.899. The summed E-state index contributed by atoms with van der Waals surface area (Å²) < 4.78 is 3.48. The van der Waals surface area contributed by atoms with Crippen LogP contribution < -0.4 is 4.90 Å². The van der Waals surface area contributed by atoms with Crippen molar-refractivity contribution in [2.75, 3.05) is 31.1 Å². The molecular weight excluding hydrogens is 468 g/mol. The molecule has 1 amide bonds. The van der Waals surface area contributed by atoms with E-state index in [1.807, 2.05) is 57.7 Å². The van der Waals surface area contributed by atoms with Crippen LogP contribution in [0.15, 0.2) is 49.2 Å². The third kappa shape index (κ3) is 4.90. The number of carbonyl (C=O) groups excluding carboxylic acids is 1. The second-order valence-corrected chi connectivity index (χ2v) is 9.87. The lowest BCUT2D eigenvalue weighted by Gasteiger charge is -2.36. The van der Waals surface area contributed by atoms with E-state index in [0.29, 0.717) is 38.2 Å². The number of hydrogen-bond donors (Lipinski definition) is 1. The largest absolute Gasteiger partial charge is 0.383 e. The van der Waals surface area contributed by atoms with Crippen molar-refractivity contribution in [3.05, 3.63) is 54.7 Å². The minimum Gasteiger partial charge on any atom is -0.383 e. The Kier molecular flexibility index (Phi) is 6.63. The number of carbonyl (C=O) groups is 1. The van der Waals surface area contributed by atoms with Gasteiger partial charge in [-0.15, -0.1) is 0 Å². The van der Waals surface area contributed by atoms with Crippen LogP contribution in [0.1, 0.15) is 25.8 Å². The summed E-state index contributed by atoms with van der Waals surface area (Å²) in [4.78, 5) is 21.2. The monoisotopic (exact) mass is 498 g/mol. The molecule has 0 radical (unpaired) electrons. The number of aromatic nitrogens is 5. The molecule has 1 fully saturated rings. The van der Waals surface area contributed by atoms with Gasteiger partial charge in [0.2, 0.25) is 0 Å². The van der Waals surface area contributed by atoms with Crippen LogP contribution in [-0.4, -0.2) is 72.6 Å². The summed E-state index contributed by atoms with van der Waals surface area (Å²) in [5.41, 5.74) is 4.86. The summed E-state index contributed by atoms with van der Waals surface area (Å²) in [6, 6.07) is 8.25. The maximum absolute atomic E-state index is 12.6. The number of hydrogen-bond acceptors (Lipinski definition) is 7. The number of nitrogens with zero attached hydrogens (tertiary/aromatic N) is 8. The van der Waals surface area contributed by atoms with Crippen molar-refractivity contribution in [2.45, 2.75) is 26.4 Å². The minimum atomic E-state index is -0.940. The summed E-state index contributed by atoms with van der Waals surface area (Å²) in [6.45, 7) is 6.39. The zero-order valence-corrected chi connectivity index (χ0v) is 21.2. The van der Waals surface area contributed by atoms with Crippen LogP contribution in [0, 0.1) is 17.2 Å². The van der Waals surface area contributed by atoms with Crippen molar-refractivity contribution in [1.29, 1.82) is 5.26 Å². The normalized spacial score (nSPS) is 14.8. The first-order valence-electron chi connectivity index (χ1n) is 12.4. The Bertz CT molecular complexity index is 1460. The standard InChI is InChI=1S/C27H30N8O2/c1-18(2)10-24(36)27(37)34-8-6-33(7-9-34)25-5-4-19(13-29-25)23-11-20(22-15-30-32(3)16-22)17-35-26(23)21(12-28)14-31-35/h4-5,11,13-18,24,36H,6-10H2,1-3H3. The van der Waals surface area contributed by atoms with E-state index in [1.54, 1.807) is 26.5 Å². The third-order valence-electron chi connectivity index (χ3n) is 6.72. The van der Waals surface area contributed by atoms with E-state index < -0.39 is 6.10 Å². The average Bonchev–Trinajstić information content (AvgIpc) is 3.53. The number of amides is 1. The van der Waals surface area contributed by atoms with E-state index in [2.05, 4.69) is 21.2 Å². The molecule has 0 aromatic carbocycles. The summed E-state index contributed by atoms with van der Waals surface area (Å²) >= 11 is 0. The lowest BCUT2D eigenvalue weighted by Crippen LogP contribution is -2.51. The van der Waals surface area contributed by atoms with Crippen LogP contribution in [0.5, 0.6) is 0 Å². The number of nitriles is 1. The molecule has 5 rings (SSSR count). The quantitative estimate of drug-likeness (QED) is 0.435. The van der Waals surface area contributed by atoms with Crippen molar-refractivity contribution >= 4 is 17.2 Å². The lowest BCUT2D eigenvalue weighted by atomic mass is 10.0. The number of anilines is 1. The van der Waals surface area contributed by atoms with Crippen LogP contribution in [0.25, 0.3) is 27.8 Å². The number of pyridine rings is 2. The molecule has 1 unspecified atom stereocenters. The molecule has 10 nitrogen and oxygen atoms in total. The van der Waals surface area contributed by atoms with Crippen LogP contribution >= 0.6 is 0 Å². The first kappa shape index (κ1) is 24.5. The van der Waals surface area contributed by atoms with E-state index in [4.69, 9.17) is 4.98 Å². The molecule has 10 heteroatoms. The highest BCUT2D eigenvalue weighted by Crippen LogP contribution is 2.32. The Morgan fingerprint density at radius 3 is 2.46 bits per heavy atom. The number of aliphatic hydroxyl groups is 1. The Morgan fingerprint density at radius 1 is 1.05 bits per heavy atom. The van der Waals surface area contributed by atoms with Crippen molar-refractivity contribution in [1.82, 2.24) is 29.3 Å². The van der Waals surface area contributed by atoms with E-state index in [0.717, 1.165) is 33.6 Å². The molecule has 0 saturated carbocycles. The molecule has 0 aliphatic carbocycles. The zero-order chi connectivity index (χ0) is 26.1. The molecule has 4 aromatic rings. The van der Waals surface area contributed by atoms with Crippen LogP contribution in [-0.2, 0) is 11.8 Å². The molecule has 4 aromatic heterocycles. The van der Waals surface area contributed by atoms with Crippen LogP contribution in [0.2, 0.25) is 0 Å². The Hall–Kier alpha value is -4.23. The van der Waals surface area contributed by atoms with Gasteiger partial charge < -0.3 is 14.9 Å².